The molecule has 96 valence electrons. The van der Waals surface area contributed by atoms with Gasteiger partial charge in [0, 0.05) is 19.1 Å². The maximum Gasteiger partial charge on any atom is 0.0594 e. The number of hydrogen-bond donors (Lipinski definition) is 0. The number of unbranched alkanes of at least 4 members (excludes halogenated alkanes) is 3. The van der Waals surface area contributed by atoms with Crippen molar-refractivity contribution in [3.8, 4) is 0 Å². The molecule has 0 aromatic heterocycles. The zero-order chi connectivity index (χ0) is 11.6. The second-order valence-electron chi connectivity index (χ2n) is 4.94. The molecule has 0 N–H and O–H groups in total. The number of rotatable bonds is 8. The average Bonchev–Trinajstić information content (AvgIpc) is 2.35. The smallest absolute Gasteiger partial charge is 0.0594 e. The van der Waals surface area contributed by atoms with Crippen LogP contribution in [-0.4, -0.2) is 37.2 Å². The van der Waals surface area contributed by atoms with Gasteiger partial charge in [0.05, 0.1) is 13.2 Å². The molecule has 1 saturated heterocycles. The Bertz CT molecular complexity index is 155. The molecule has 0 aliphatic carbocycles. The number of ether oxygens (including phenoxy) is 1. The molecule has 0 aromatic rings. The lowest BCUT2D eigenvalue weighted by Crippen LogP contribution is -2.43. The molecule has 1 heterocycles. The summed E-state index contributed by atoms with van der Waals surface area (Å²) >= 11 is 0. The molecule has 1 atom stereocenters. The first-order valence-electron chi connectivity index (χ1n) is 7.20. The molecule has 2 heteroatoms. The molecule has 1 rings (SSSR count). The summed E-state index contributed by atoms with van der Waals surface area (Å²) in [5.41, 5.74) is 0. The highest BCUT2D eigenvalue weighted by Crippen LogP contribution is 2.17. The Hall–Kier alpha value is -0.0800. The van der Waals surface area contributed by atoms with Crippen LogP contribution in [0.3, 0.4) is 0 Å². The molecule has 1 aliphatic heterocycles. The Labute approximate surface area is 101 Å². The highest BCUT2D eigenvalue weighted by molar-refractivity contribution is 4.74. The number of morpholine rings is 1. The van der Waals surface area contributed by atoms with Crippen molar-refractivity contribution in [1.29, 1.82) is 0 Å². The summed E-state index contributed by atoms with van der Waals surface area (Å²) in [5, 5.41) is 0. The molecule has 1 unspecified atom stereocenters. The lowest BCUT2D eigenvalue weighted by Gasteiger charge is -2.34. The predicted octanol–water partition coefficient (Wildman–Crippen LogP) is 3.46. The van der Waals surface area contributed by atoms with Gasteiger partial charge in [-0.2, -0.15) is 0 Å². The molecule has 0 bridgehead atoms. The van der Waals surface area contributed by atoms with E-state index in [1.165, 1.54) is 44.9 Å². The van der Waals surface area contributed by atoms with Crippen LogP contribution in [0.1, 0.15) is 58.8 Å². The Morgan fingerprint density at radius 2 is 1.56 bits per heavy atom. The summed E-state index contributed by atoms with van der Waals surface area (Å²) in [6, 6.07) is 0.829. The molecular formula is C14H29NO. The third-order valence-corrected chi connectivity index (χ3v) is 3.59. The van der Waals surface area contributed by atoms with E-state index in [1.807, 2.05) is 0 Å². The van der Waals surface area contributed by atoms with Crippen LogP contribution in [-0.2, 0) is 4.74 Å². The third kappa shape index (κ3) is 5.31. The van der Waals surface area contributed by atoms with E-state index in [-0.39, 0.29) is 0 Å². The fourth-order valence-corrected chi connectivity index (χ4v) is 2.52. The van der Waals surface area contributed by atoms with Gasteiger partial charge in [0.2, 0.25) is 0 Å². The fraction of sp³-hybridized carbons (Fsp3) is 1.00. The van der Waals surface area contributed by atoms with Gasteiger partial charge in [0.1, 0.15) is 0 Å². The number of nitrogens with zero attached hydrogens (tertiary/aromatic N) is 1. The summed E-state index contributed by atoms with van der Waals surface area (Å²) in [6.07, 6.45) is 9.63. The van der Waals surface area contributed by atoms with Gasteiger partial charge in [-0.3, -0.25) is 4.90 Å². The summed E-state index contributed by atoms with van der Waals surface area (Å²) in [5.74, 6) is 0. The van der Waals surface area contributed by atoms with Crippen LogP contribution in [0.2, 0.25) is 0 Å². The van der Waals surface area contributed by atoms with E-state index in [9.17, 15) is 0 Å². The van der Waals surface area contributed by atoms with Crippen molar-refractivity contribution in [2.75, 3.05) is 26.3 Å². The Balaban J connectivity index is 2.28. The maximum absolute atomic E-state index is 5.44. The molecule has 0 radical (unpaired) electrons. The molecule has 0 aromatic carbocycles. The van der Waals surface area contributed by atoms with Crippen LogP contribution >= 0.6 is 0 Å². The summed E-state index contributed by atoms with van der Waals surface area (Å²) < 4.78 is 5.44. The van der Waals surface area contributed by atoms with E-state index in [2.05, 4.69) is 18.7 Å². The first kappa shape index (κ1) is 14.0. The van der Waals surface area contributed by atoms with Crippen LogP contribution < -0.4 is 0 Å². The van der Waals surface area contributed by atoms with Crippen LogP contribution in [0.4, 0.5) is 0 Å². The van der Waals surface area contributed by atoms with Gasteiger partial charge < -0.3 is 4.74 Å². The highest BCUT2D eigenvalue weighted by Gasteiger charge is 2.19. The van der Waals surface area contributed by atoms with Gasteiger partial charge in [-0.15, -0.1) is 0 Å². The zero-order valence-corrected chi connectivity index (χ0v) is 11.2. The van der Waals surface area contributed by atoms with E-state index < -0.39 is 0 Å². The molecule has 0 saturated carbocycles. The molecule has 0 amide bonds. The van der Waals surface area contributed by atoms with E-state index in [0.717, 1.165) is 32.3 Å². The van der Waals surface area contributed by atoms with Crippen molar-refractivity contribution >= 4 is 0 Å². The van der Waals surface area contributed by atoms with Crippen molar-refractivity contribution < 1.29 is 4.74 Å². The minimum Gasteiger partial charge on any atom is -0.379 e. The van der Waals surface area contributed by atoms with Crippen molar-refractivity contribution in [3.63, 3.8) is 0 Å². The molecule has 16 heavy (non-hydrogen) atoms. The maximum atomic E-state index is 5.44. The molecular weight excluding hydrogens is 198 g/mol. The van der Waals surface area contributed by atoms with Crippen molar-refractivity contribution in [3.05, 3.63) is 0 Å². The minimum atomic E-state index is 0.829. The normalized spacial score (nSPS) is 19.9. The Morgan fingerprint density at radius 1 is 0.938 bits per heavy atom. The lowest BCUT2D eigenvalue weighted by atomic mass is 10.0. The largest absolute Gasteiger partial charge is 0.379 e. The average molecular weight is 227 g/mol. The Kier molecular flexibility index (Phi) is 7.87. The fourth-order valence-electron chi connectivity index (χ4n) is 2.52. The van der Waals surface area contributed by atoms with Gasteiger partial charge in [-0.05, 0) is 12.8 Å². The standard InChI is InChI=1S/C14H29NO/c1-3-5-7-9-14(8-6-4-2)15-10-12-16-13-11-15/h14H,3-13H2,1-2H3. The van der Waals surface area contributed by atoms with E-state index >= 15 is 0 Å². The first-order chi connectivity index (χ1) is 7.88. The van der Waals surface area contributed by atoms with Gasteiger partial charge in [-0.25, -0.2) is 0 Å². The van der Waals surface area contributed by atoms with Crippen molar-refractivity contribution in [2.45, 2.75) is 64.8 Å². The van der Waals surface area contributed by atoms with Gasteiger partial charge in [0.25, 0.3) is 0 Å². The first-order valence-corrected chi connectivity index (χ1v) is 7.20. The van der Waals surface area contributed by atoms with Crippen molar-refractivity contribution in [2.24, 2.45) is 0 Å². The van der Waals surface area contributed by atoms with Crippen LogP contribution in [0, 0.1) is 0 Å². The van der Waals surface area contributed by atoms with E-state index in [4.69, 9.17) is 4.74 Å². The number of hydrogen-bond acceptors (Lipinski definition) is 2. The SMILES string of the molecule is CCCCCC(CCCC)N1CCOCC1. The van der Waals surface area contributed by atoms with Crippen LogP contribution in [0.15, 0.2) is 0 Å². The molecule has 0 spiro atoms. The third-order valence-electron chi connectivity index (χ3n) is 3.59. The lowest BCUT2D eigenvalue weighted by molar-refractivity contribution is 0.0119. The second kappa shape index (κ2) is 9.00. The monoisotopic (exact) mass is 227 g/mol. The van der Waals surface area contributed by atoms with Crippen molar-refractivity contribution in [1.82, 2.24) is 4.90 Å². The Morgan fingerprint density at radius 3 is 2.19 bits per heavy atom. The quantitative estimate of drug-likeness (QED) is 0.589. The molecule has 1 aliphatic rings. The summed E-state index contributed by atoms with van der Waals surface area (Å²) in [6.45, 7) is 8.77. The predicted molar refractivity (Wildman–Crippen MR) is 69.8 cm³/mol. The van der Waals surface area contributed by atoms with Gasteiger partial charge in [0.15, 0.2) is 0 Å². The highest BCUT2D eigenvalue weighted by atomic mass is 16.5. The molecule has 2 nitrogen and oxygen atoms in total. The summed E-state index contributed by atoms with van der Waals surface area (Å²) in [4.78, 5) is 2.66. The van der Waals surface area contributed by atoms with Crippen LogP contribution in [0.5, 0.6) is 0 Å². The van der Waals surface area contributed by atoms with E-state index in [1.54, 1.807) is 0 Å². The van der Waals surface area contributed by atoms with Crippen LogP contribution in [0.25, 0.3) is 0 Å². The minimum absolute atomic E-state index is 0.829. The zero-order valence-electron chi connectivity index (χ0n) is 11.2. The summed E-state index contributed by atoms with van der Waals surface area (Å²) in [7, 11) is 0. The second-order valence-corrected chi connectivity index (χ2v) is 4.94. The molecule has 1 fully saturated rings. The van der Waals surface area contributed by atoms with Gasteiger partial charge in [-0.1, -0.05) is 46.0 Å². The van der Waals surface area contributed by atoms with E-state index in [0.29, 0.717) is 0 Å². The topological polar surface area (TPSA) is 12.5 Å². The van der Waals surface area contributed by atoms with Gasteiger partial charge >= 0.3 is 0 Å².